The molecule has 19 heavy (non-hydrogen) atoms. The SMILES string of the molecule is Cc1cc(C(=O)C(C)Cl)c(C)n1CCc1ncon1. The number of aromatic nitrogens is 3. The average Bonchev–Trinajstić information content (AvgIpc) is 2.96. The zero-order valence-corrected chi connectivity index (χ0v) is 11.9. The molecular formula is C13H16ClN3O2. The van der Waals surface area contributed by atoms with Gasteiger partial charge in [-0.05, 0) is 26.8 Å². The molecule has 0 radical (unpaired) electrons. The molecule has 2 heterocycles. The maximum atomic E-state index is 12.0. The van der Waals surface area contributed by atoms with E-state index in [-0.39, 0.29) is 5.78 Å². The number of carbonyl (C=O) groups is 1. The molecule has 0 aliphatic carbocycles. The van der Waals surface area contributed by atoms with Crippen molar-refractivity contribution in [3.05, 3.63) is 35.2 Å². The fourth-order valence-electron chi connectivity index (χ4n) is 2.12. The third kappa shape index (κ3) is 2.87. The van der Waals surface area contributed by atoms with Crippen molar-refractivity contribution in [2.75, 3.05) is 0 Å². The quantitative estimate of drug-likeness (QED) is 0.624. The Bertz CT molecular complexity index is 573. The van der Waals surface area contributed by atoms with Crippen molar-refractivity contribution in [1.82, 2.24) is 14.7 Å². The Morgan fingerprint density at radius 2 is 2.26 bits per heavy atom. The Labute approximate surface area is 116 Å². The predicted molar refractivity (Wildman–Crippen MR) is 71.6 cm³/mol. The molecule has 6 heteroatoms. The van der Waals surface area contributed by atoms with Crippen molar-refractivity contribution in [3.63, 3.8) is 0 Å². The summed E-state index contributed by atoms with van der Waals surface area (Å²) < 4.78 is 6.77. The first-order chi connectivity index (χ1) is 9.00. The van der Waals surface area contributed by atoms with Gasteiger partial charge in [-0.3, -0.25) is 4.79 Å². The van der Waals surface area contributed by atoms with Gasteiger partial charge in [-0.2, -0.15) is 4.98 Å². The molecular weight excluding hydrogens is 266 g/mol. The lowest BCUT2D eigenvalue weighted by Gasteiger charge is -2.08. The number of ketones is 1. The van der Waals surface area contributed by atoms with Gasteiger partial charge in [0, 0.05) is 29.9 Å². The van der Waals surface area contributed by atoms with Gasteiger partial charge in [0.25, 0.3) is 0 Å². The number of carbonyl (C=O) groups excluding carboxylic acids is 1. The van der Waals surface area contributed by atoms with E-state index in [1.54, 1.807) is 6.92 Å². The van der Waals surface area contributed by atoms with Crippen LogP contribution in [0.4, 0.5) is 0 Å². The van der Waals surface area contributed by atoms with Crippen LogP contribution in [0, 0.1) is 13.8 Å². The molecule has 0 amide bonds. The number of halogens is 1. The summed E-state index contributed by atoms with van der Waals surface area (Å²) in [5, 5.41) is 3.27. The summed E-state index contributed by atoms with van der Waals surface area (Å²) in [6, 6.07) is 1.88. The van der Waals surface area contributed by atoms with Crippen LogP contribution in [0.3, 0.4) is 0 Å². The molecule has 0 aliphatic rings. The van der Waals surface area contributed by atoms with Gasteiger partial charge in [0.15, 0.2) is 11.6 Å². The van der Waals surface area contributed by atoms with Gasteiger partial charge in [0.05, 0.1) is 5.38 Å². The van der Waals surface area contributed by atoms with Gasteiger partial charge in [-0.15, -0.1) is 11.6 Å². The Morgan fingerprint density at radius 3 is 2.84 bits per heavy atom. The molecule has 2 aromatic heterocycles. The van der Waals surface area contributed by atoms with E-state index in [2.05, 4.69) is 14.7 Å². The molecule has 2 rings (SSSR count). The van der Waals surface area contributed by atoms with Crippen molar-refractivity contribution in [1.29, 1.82) is 0 Å². The molecule has 0 N–H and O–H groups in total. The Balaban J connectivity index is 2.19. The number of alkyl halides is 1. The number of hydrogen-bond acceptors (Lipinski definition) is 4. The van der Waals surface area contributed by atoms with Gasteiger partial charge >= 0.3 is 0 Å². The molecule has 0 aliphatic heterocycles. The van der Waals surface area contributed by atoms with Crippen LogP contribution < -0.4 is 0 Å². The van der Waals surface area contributed by atoms with Crippen LogP contribution in [0.15, 0.2) is 17.0 Å². The minimum absolute atomic E-state index is 0.0411. The zero-order valence-electron chi connectivity index (χ0n) is 11.2. The standard InChI is InChI=1S/C13H16ClN3O2/c1-8-6-11(13(18)9(2)14)10(3)17(8)5-4-12-15-7-19-16-12/h6-7,9H,4-5H2,1-3H3. The van der Waals surface area contributed by atoms with Gasteiger partial charge in [-0.25, -0.2) is 0 Å². The maximum Gasteiger partial charge on any atom is 0.213 e. The monoisotopic (exact) mass is 281 g/mol. The predicted octanol–water partition coefficient (Wildman–Crippen LogP) is 2.54. The normalized spacial score (nSPS) is 12.6. The first-order valence-corrected chi connectivity index (χ1v) is 6.54. The van der Waals surface area contributed by atoms with E-state index < -0.39 is 5.38 Å². The first-order valence-electron chi connectivity index (χ1n) is 6.11. The van der Waals surface area contributed by atoms with E-state index in [0.29, 0.717) is 24.4 Å². The molecule has 1 atom stereocenters. The summed E-state index contributed by atoms with van der Waals surface area (Å²) in [5.74, 6) is 0.617. The van der Waals surface area contributed by atoms with Crippen molar-refractivity contribution < 1.29 is 9.32 Å². The molecule has 0 saturated carbocycles. The lowest BCUT2D eigenvalue weighted by molar-refractivity contribution is 0.0991. The van der Waals surface area contributed by atoms with Gasteiger partial charge < -0.3 is 9.09 Å². The third-order valence-corrected chi connectivity index (χ3v) is 3.36. The highest BCUT2D eigenvalue weighted by Gasteiger charge is 2.19. The first kappa shape index (κ1) is 13.8. The molecule has 102 valence electrons. The van der Waals surface area contributed by atoms with Crippen LogP contribution in [-0.2, 0) is 13.0 Å². The van der Waals surface area contributed by atoms with Crippen LogP contribution >= 0.6 is 11.6 Å². The summed E-state index contributed by atoms with van der Waals surface area (Å²) >= 11 is 5.86. The van der Waals surface area contributed by atoms with Crippen LogP contribution in [-0.4, -0.2) is 25.9 Å². The fraction of sp³-hybridized carbons (Fsp3) is 0.462. The lowest BCUT2D eigenvalue weighted by Crippen LogP contribution is -2.12. The van der Waals surface area contributed by atoms with Crippen LogP contribution in [0.5, 0.6) is 0 Å². The van der Waals surface area contributed by atoms with E-state index in [9.17, 15) is 4.79 Å². The number of hydrogen-bond donors (Lipinski definition) is 0. The largest absolute Gasteiger partial charge is 0.348 e. The van der Waals surface area contributed by atoms with Crippen molar-refractivity contribution in [2.24, 2.45) is 0 Å². The highest BCUT2D eigenvalue weighted by Crippen LogP contribution is 2.19. The van der Waals surface area contributed by atoms with E-state index in [1.807, 2.05) is 19.9 Å². The van der Waals surface area contributed by atoms with E-state index in [4.69, 9.17) is 16.1 Å². The number of aryl methyl sites for hydroxylation is 2. The number of Topliss-reactive ketones (excluding diaryl/α,β-unsaturated/α-hetero) is 1. The highest BCUT2D eigenvalue weighted by atomic mass is 35.5. The van der Waals surface area contributed by atoms with E-state index in [0.717, 1.165) is 11.4 Å². The van der Waals surface area contributed by atoms with Gasteiger partial charge in [0.1, 0.15) is 0 Å². The molecule has 0 saturated heterocycles. The number of nitrogens with zero attached hydrogens (tertiary/aromatic N) is 3. The third-order valence-electron chi connectivity index (χ3n) is 3.17. The fourth-order valence-corrected chi connectivity index (χ4v) is 2.24. The molecule has 2 aromatic rings. The maximum absolute atomic E-state index is 12.0. The highest BCUT2D eigenvalue weighted by molar-refractivity contribution is 6.33. The average molecular weight is 282 g/mol. The van der Waals surface area contributed by atoms with Gasteiger partial charge in [0.2, 0.25) is 6.39 Å². The topological polar surface area (TPSA) is 60.9 Å². The van der Waals surface area contributed by atoms with Crippen LogP contribution in [0.2, 0.25) is 0 Å². The van der Waals surface area contributed by atoms with Crippen LogP contribution in [0.1, 0.15) is 34.5 Å². The number of rotatable bonds is 5. The van der Waals surface area contributed by atoms with Crippen molar-refractivity contribution in [3.8, 4) is 0 Å². The summed E-state index contributed by atoms with van der Waals surface area (Å²) in [6.07, 6.45) is 1.98. The van der Waals surface area contributed by atoms with Crippen LogP contribution in [0.25, 0.3) is 0 Å². The second-order valence-corrected chi connectivity index (χ2v) is 5.17. The minimum Gasteiger partial charge on any atom is -0.348 e. The summed E-state index contributed by atoms with van der Waals surface area (Å²) in [5.41, 5.74) is 2.65. The summed E-state index contributed by atoms with van der Waals surface area (Å²) in [4.78, 5) is 16.0. The Kier molecular flexibility index (Phi) is 4.04. The molecule has 1 unspecified atom stereocenters. The molecule has 5 nitrogen and oxygen atoms in total. The molecule has 0 aromatic carbocycles. The Hall–Kier alpha value is -1.62. The Morgan fingerprint density at radius 1 is 1.53 bits per heavy atom. The molecule has 0 fully saturated rings. The zero-order chi connectivity index (χ0) is 14.0. The molecule has 0 bridgehead atoms. The lowest BCUT2D eigenvalue weighted by atomic mass is 10.1. The van der Waals surface area contributed by atoms with Crippen molar-refractivity contribution in [2.45, 2.75) is 39.1 Å². The summed E-state index contributed by atoms with van der Waals surface area (Å²) in [6.45, 7) is 6.30. The second-order valence-electron chi connectivity index (χ2n) is 4.51. The molecule has 0 spiro atoms. The van der Waals surface area contributed by atoms with Crippen molar-refractivity contribution >= 4 is 17.4 Å². The summed E-state index contributed by atoms with van der Waals surface area (Å²) in [7, 11) is 0. The minimum atomic E-state index is -0.508. The smallest absolute Gasteiger partial charge is 0.213 e. The second kappa shape index (κ2) is 5.57. The van der Waals surface area contributed by atoms with E-state index in [1.165, 1.54) is 6.39 Å². The van der Waals surface area contributed by atoms with E-state index >= 15 is 0 Å². The van der Waals surface area contributed by atoms with Gasteiger partial charge in [-0.1, -0.05) is 5.16 Å².